The van der Waals surface area contributed by atoms with Crippen molar-refractivity contribution in [3.63, 3.8) is 0 Å². The van der Waals surface area contributed by atoms with Crippen molar-refractivity contribution >= 4 is 11.8 Å². The highest BCUT2D eigenvalue weighted by Gasteiger charge is 2.19. The molecule has 0 saturated carbocycles. The highest BCUT2D eigenvalue weighted by molar-refractivity contribution is 5.84. The second-order valence-corrected chi connectivity index (χ2v) is 6.23. The predicted octanol–water partition coefficient (Wildman–Crippen LogP) is -0.515. The summed E-state index contributed by atoms with van der Waals surface area (Å²) in [6.07, 6.45) is 4.40. The summed E-state index contributed by atoms with van der Waals surface area (Å²) in [5.74, 6) is 0.813. The lowest BCUT2D eigenvalue weighted by atomic mass is 10.1. The Morgan fingerprint density at radius 2 is 1.88 bits per heavy atom. The van der Waals surface area contributed by atoms with Crippen molar-refractivity contribution in [3.8, 4) is 5.75 Å². The normalized spacial score (nSPS) is 15.9. The highest BCUT2D eigenvalue weighted by atomic mass is 35.5. The third-order valence-corrected chi connectivity index (χ3v) is 4.02. The first-order valence-corrected chi connectivity index (χ1v) is 8.71. The topological polar surface area (TPSA) is 52.0 Å². The molecule has 0 radical (unpaired) electrons. The number of hydrogen-bond acceptors (Lipinski definition) is 3. The first-order chi connectivity index (χ1) is 11.2. The molecular formula is C18H29ClN2O3. The van der Waals surface area contributed by atoms with Gasteiger partial charge in [0.1, 0.15) is 18.4 Å². The maximum atomic E-state index is 11.9. The van der Waals surface area contributed by atoms with Gasteiger partial charge < -0.3 is 26.8 Å². The summed E-state index contributed by atoms with van der Waals surface area (Å²) in [5, 5.41) is 2.77. The molecule has 0 aliphatic carbocycles. The van der Waals surface area contributed by atoms with Crippen LogP contribution >= 0.6 is 0 Å². The third kappa shape index (κ3) is 7.41. The van der Waals surface area contributed by atoms with E-state index in [0.717, 1.165) is 24.4 Å². The van der Waals surface area contributed by atoms with E-state index in [1.54, 1.807) is 0 Å². The molecule has 24 heavy (non-hydrogen) atoms. The summed E-state index contributed by atoms with van der Waals surface area (Å²) in [6, 6.07) is 7.36. The van der Waals surface area contributed by atoms with Crippen molar-refractivity contribution in [3.05, 3.63) is 24.3 Å². The van der Waals surface area contributed by atoms with Gasteiger partial charge in [-0.05, 0) is 56.9 Å². The molecule has 1 fully saturated rings. The van der Waals surface area contributed by atoms with E-state index in [9.17, 15) is 4.79 Å². The molecular weight excluding hydrogens is 328 g/mol. The van der Waals surface area contributed by atoms with E-state index < -0.39 is 6.09 Å². The standard InChI is InChI=1S/C18H28N2O3.ClH/c1-3-13-22-17-9-7-16(8-10-17)19-18(21)23-15(2)14-20-11-5-4-6-12-20;/h7-10,15H,3-6,11-14H2,1-2H3,(H,19,21);1H. The SMILES string of the molecule is CCCOc1ccc(NC(=O)OC(C)C[NH+]2CCCCC2)cc1.[Cl-]. The third-order valence-electron chi connectivity index (χ3n) is 4.02. The van der Waals surface area contributed by atoms with E-state index in [1.165, 1.54) is 37.3 Å². The largest absolute Gasteiger partial charge is 1.00 e. The summed E-state index contributed by atoms with van der Waals surface area (Å²) in [4.78, 5) is 13.5. The Kier molecular flexibility index (Phi) is 9.57. The monoisotopic (exact) mass is 356 g/mol. The molecule has 0 aromatic heterocycles. The van der Waals surface area contributed by atoms with Gasteiger partial charge in [-0.25, -0.2) is 4.79 Å². The van der Waals surface area contributed by atoms with E-state index >= 15 is 0 Å². The van der Waals surface area contributed by atoms with Crippen LogP contribution in [0.2, 0.25) is 0 Å². The molecule has 6 heteroatoms. The van der Waals surface area contributed by atoms with E-state index in [4.69, 9.17) is 9.47 Å². The number of likely N-dealkylation sites (tertiary alicyclic amines) is 1. The molecule has 1 aromatic rings. The predicted molar refractivity (Wildman–Crippen MR) is 91.2 cm³/mol. The number of ether oxygens (including phenoxy) is 2. The van der Waals surface area contributed by atoms with E-state index in [0.29, 0.717) is 6.61 Å². The van der Waals surface area contributed by atoms with Crippen LogP contribution in [0.5, 0.6) is 5.75 Å². The van der Waals surface area contributed by atoms with Crippen molar-refractivity contribution < 1.29 is 31.6 Å². The summed E-state index contributed by atoms with van der Waals surface area (Å²) in [7, 11) is 0. The molecule has 1 aliphatic rings. The van der Waals surface area contributed by atoms with Crippen LogP contribution in [-0.4, -0.2) is 38.4 Å². The maximum absolute atomic E-state index is 11.9. The van der Waals surface area contributed by atoms with Gasteiger partial charge in [-0.2, -0.15) is 0 Å². The number of carbonyl (C=O) groups is 1. The molecule has 0 spiro atoms. The van der Waals surface area contributed by atoms with Crippen molar-refractivity contribution in [1.29, 1.82) is 0 Å². The van der Waals surface area contributed by atoms with Gasteiger partial charge in [-0.3, -0.25) is 5.32 Å². The average molecular weight is 357 g/mol. The molecule has 136 valence electrons. The molecule has 2 N–H and O–H groups in total. The Balaban J connectivity index is 0.00000288. The Morgan fingerprint density at radius 1 is 1.21 bits per heavy atom. The summed E-state index contributed by atoms with van der Waals surface area (Å²) in [5.41, 5.74) is 0.719. The van der Waals surface area contributed by atoms with Gasteiger partial charge >= 0.3 is 6.09 Å². The van der Waals surface area contributed by atoms with Crippen molar-refractivity contribution in [2.45, 2.75) is 45.6 Å². The van der Waals surface area contributed by atoms with E-state index in [1.807, 2.05) is 31.2 Å². The van der Waals surface area contributed by atoms with E-state index in [2.05, 4.69) is 12.2 Å². The van der Waals surface area contributed by atoms with Crippen molar-refractivity contribution in [1.82, 2.24) is 0 Å². The maximum Gasteiger partial charge on any atom is 0.412 e. The summed E-state index contributed by atoms with van der Waals surface area (Å²) >= 11 is 0. The van der Waals surface area contributed by atoms with Gasteiger partial charge in [-0.1, -0.05) is 6.92 Å². The van der Waals surface area contributed by atoms with Crippen LogP contribution in [0.3, 0.4) is 0 Å². The fraction of sp³-hybridized carbons (Fsp3) is 0.611. The second kappa shape index (κ2) is 11.2. The molecule has 0 bridgehead atoms. The smallest absolute Gasteiger partial charge is 0.412 e. The fourth-order valence-electron chi connectivity index (χ4n) is 2.89. The minimum absolute atomic E-state index is 0. The molecule has 1 heterocycles. The van der Waals surface area contributed by atoms with E-state index in [-0.39, 0.29) is 18.5 Å². The minimum atomic E-state index is -0.392. The first kappa shape index (κ1) is 20.6. The molecule has 1 unspecified atom stereocenters. The van der Waals surface area contributed by atoms with Crippen LogP contribution in [0.4, 0.5) is 10.5 Å². The zero-order chi connectivity index (χ0) is 16.5. The number of anilines is 1. The van der Waals surface area contributed by atoms with Crippen molar-refractivity contribution in [2.75, 3.05) is 31.6 Å². The van der Waals surface area contributed by atoms with Crippen LogP contribution in [0.15, 0.2) is 24.3 Å². The van der Waals surface area contributed by atoms with Gasteiger partial charge in [0.05, 0.1) is 19.7 Å². The van der Waals surface area contributed by atoms with Crippen LogP contribution in [0.25, 0.3) is 0 Å². The molecule has 1 saturated heterocycles. The number of rotatable bonds is 7. The minimum Gasteiger partial charge on any atom is -1.00 e. The zero-order valence-corrected chi connectivity index (χ0v) is 15.4. The molecule has 5 nitrogen and oxygen atoms in total. The van der Waals surface area contributed by atoms with Gasteiger partial charge in [0.15, 0.2) is 0 Å². The Morgan fingerprint density at radius 3 is 2.50 bits per heavy atom. The van der Waals surface area contributed by atoms with Gasteiger partial charge in [0, 0.05) is 5.69 Å². The Labute approximate surface area is 151 Å². The summed E-state index contributed by atoms with van der Waals surface area (Å²) < 4.78 is 11.0. The van der Waals surface area contributed by atoms with Crippen LogP contribution in [-0.2, 0) is 4.74 Å². The summed E-state index contributed by atoms with van der Waals surface area (Å²) in [6.45, 7) is 7.99. The van der Waals surface area contributed by atoms with Crippen molar-refractivity contribution in [2.24, 2.45) is 0 Å². The van der Waals surface area contributed by atoms with Crippen LogP contribution in [0.1, 0.15) is 39.5 Å². The molecule has 1 aliphatic heterocycles. The zero-order valence-electron chi connectivity index (χ0n) is 14.6. The molecule has 1 amide bonds. The number of nitrogens with one attached hydrogen (secondary N) is 2. The quantitative estimate of drug-likeness (QED) is 0.691. The van der Waals surface area contributed by atoms with Crippen LogP contribution in [0, 0.1) is 0 Å². The lowest BCUT2D eigenvalue weighted by Crippen LogP contribution is -3.13. The number of benzene rings is 1. The number of amides is 1. The van der Waals surface area contributed by atoms with Gasteiger partial charge in [-0.15, -0.1) is 0 Å². The fourth-order valence-corrected chi connectivity index (χ4v) is 2.89. The highest BCUT2D eigenvalue weighted by Crippen LogP contribution is 2.16. The number of halogens is 1. The number of quaternary nitrogens is 1. The first-order valence-electron chi connectivity index (χ1n) is 8.71. The lowest BCUT2D eigenvalue weighted by molar-refractivity contribution is -0.907. The lowest BCUT2D eigenvalue weighted by Gasteiger charge is -2.26. The Hall–Kier alpha value is -1.46. The molecule has 1 aromatic carbocycles. The van der Waals surface area contributed by atoms with Gasteiger partial charge in [0.2, 0.25) is 0 Å². The number of piperidine rings is 1. The number of carbonyl (C=O) groups excluding carboxylic acids is 1. The Bertz CT molecular complexity index is 476. The molecule has 1 atom stereocenters. The average Bonchev–Trinajstić information content (AvgIpc) is 2.55. The second-order valence-electron chi connectivity index (χ2n) is 6.23. The van der Waals surface area contributed by atoms with Gasteiger partial charge in [0.25, 0.3) is 0 Å². The number of hydrogen-bond donors (Lipinski definition) is 2. The van der Waals surface area contributed by atoms with Crippen LogP contribution < -0.4 is 27.4 Å². The molecule has 2 rings (SSSR count).